The van der Waals surface area contributed by atoms with E-state index in [2.05, 4.69) is 40.8 Å². The van der Waals surface area contributed by atoms with Gasteiger partial charge in [-0.25, -0.2) is 0 Å². The first-order valence-electron chi connectivity index (χ1n) is 7.09. The van der Waals surface area contributed by atoms with Gasteiger partial charge in [0, 0.05) is 31.4 Å². The van der Waals surface area contributed by atoms with Crippen LogP contribution in [0, 0.1) is 0 Å². The minimum Gasteiger partial charge on any atom is -0.384 e. The fourth-order valence-corrected chi connectivity index (χ4v) is 3.15. The molecule has 3 heteroatoms. The van der Waals surface area contributed by atoms with Gasteiger partial charge in [0.15, 0.2) is 0 Å². The summed E-state index contributed by atoms with van der Waals surface area (Å²) in [6, 6.07) is 7.33. The number of benzene rings is 1. The first-order chi connectivity index (χ1) is 8.83. The number of likely N-dealkylation sites (N-methyl/N-ethyl adjacent to an activating group) is 1. The van der Waals surface area contributed by atoms with Crippen LogP contribution in [0.15, 0.2) is 18.2 Å². The highest BCUT2D eigenvalue weighted by Crippen LogP contribution is 2.26. The second kappa shape index (κ2) is 5.29. The largest absolute Gasteiger partial charge is 0.384 e. The minimum atomic E-state index is 0.654. The van der Waals surface area contributed by atoms with E-state index in [1.807, 2.05) is 0 Å². The Labute approximate surface area is 110 Å². The van der Waals surface area contributed by atoms with Gasteiger partial charge < -0.3 is 15.5 Å². The molecule has 2 aliphatic heterocycles. The molecule has 18 heavy (non-hydrogen) atoms. The molecule has 1 atom stereocenters. The van der Waals surface area contributed by atoms with E-state index in [1.165, 1.54) is 49.2 Å². The molecular formula is C15H23N3. The highest BCUT2D eigenvalue weighted by molar-refractivity contribution is 5.61. The predicted octanol–water partition coefficient (Wildman–Crippen LogP) is 1.84. The van der Waals surface area contributed by atoms with Crippen molar-refractivity contribution in [1.29, 1.82) is 0 Å². The van der Waals surface area contributed by atoms with Gasteiger partial charge in [0.1, 0.15) is 0 Å². The smallest absolute Gasteiger partial charge is 0.0419 e. The molecule has 3 rings (SSSR count). The molecule has 0 aromatic heterocycles. The van der Waals surface area contributed by atoms with Crippen molar-refractivity contribution in [1.82, 2.24) is 10.2 Å². The lowest BCUT2D eigenvalue weighted by Gasteiger charge is -2.30. The Balaban J connectivity index is 1.61. The van der Waals surface area contributed by atoms with Crippen molar-refractivity contribution in [3.8, 4) is 0 Å². The van der Waals surface area contributed by atoms with Crippen LogP contribution in [0.2, 0.25) is 0 Å². The molecular weight excluding hydrogens is 222 g/mol. The van der Waals surface area contributed by atoms with Gasteiger partial charge in [0.2, 0.25) is 0 Å². The Hall–Kier alpha value is -1.06. The normalized spacial score (nSPS) is 23.7. The van der Waals surface area contributed by atoms with E-state index in [9.17, 15) is 0 Å². The van der Waals surface area contributed by atoms with Gasteiger partial charge in [0.25, 0.3) is 0 Å². The van der Waals surface area contributed by atoms with E-state index in [-0.39, 0.29) is 0 Å². The number of hydrogen-bond acceptors (Lipinski definition) is 3. The summed E-state index contributed by atoms with van der Waals surface area (Å²) in [6.07, 6.45) is 3.81. The number of anilines is 1. The van der Waals surface area contributed by atoms with Crippen LogP contribution in [0.25, 0.3) is 0 Å². The highest BCUT2D eigenvalue weighted by Gasteiger charge is 2.18. The summed E-state index contributed by atoms with van der Waals surface area (Å²) in [4.78, 5) is 2.43. The molecule has 1 fully saturated rings. The zero-order valence-electron chi connectivity index (χ0n) is 11.2. The standard InChI is InChI=1S/C15H23N3/c1-18-9-3-6-14(11-18)17-10-13-5-2-4-12-7-8-16-15(12)13/h2,4-5,14,16-17H,3,6-11H2,1H3. The molecule has 0 saturated carbocycles. The number of hydrogen-bond donors (Lipinski definition) is 2. The van der Waals surface area contributed by atoms with Gasteiger partial charge in [-0.3, -0.25) is 0 Å². The predicted molar refractivity (Wildman–Crippen MR) is 76.0 cm³/mol. The number of rotatable bonds is 3. The van der Waals surface area contributed by atoms with Gasteiger partial charge in [-0.15, -0.1) is 0 Å². The van der Waals surface area contributed by atoms with Crippen LogP contribution in [0.1, 0.15) is 24.0 Å². The zero-order valence-corrected chi connectivity index (χ0v) is 11.2. The van der Waals surface area contributed by atoms with E-state index >= 15 is 0 Å². The molecule has 2 heterocycles. The van der Waals surface area contributed by atoms with Gasteiger partial charge in [-0.1, -0.05) is 18.2 Å². The van der Waals surface area contributed by atoms with Crippen molar-refractivity contribution in [2.24, 2.45) is 0 Å². The Morgan fingerprint density at radius 3 is 3.28 bits per heavy atom. The van der Waals surface area contributed by atoms with Crippen LogP contribution in [0.3, 0.4) is 0 Å². The number of nitrogens with zero attached hydrogens (tertiary/aromatic N) is 1. The molecule has 0 bridgehead atoms. The van der Waals surface area contributed by atoms with Crippen LogP contribution < -0.4 is 10.6 Å². The monoisotopic (exact) mass is 245 g/mol. The molecule has 0 radical (unpaired) electrons. The van der Waals surface area contributed by atoms with Crippen LogP contribution in [0.4, 0.5) is 5.69 Å². The van der Waals surface area contributed by atoms with E-state index in [4.69, 9.17) is 0 Å². The molecule has 2 N–H and O–H groups in total. The average Bonchev–Trinajstić information content (AvgIpc) is 2.85. The lowest BCUT2D eigenvalue weighted by Crippen LogP contribution is -2.43. The molecule has 98 valence electrons. The maximum absolute atomic E-state index is 3.72. The number of fused-ring (bicyclic) bond motifs is 1. The maximum Gasteiger partial charge on any atom is 0.0419 e. The average molecular weight is 245 g/mol. The van der Waals surface area contributed by atoms with Gasteiger partial charge >= 0.3 is 0 Å². The maximum atomic E-state index is 3.72. The van der Waals surface area contributed by atoms with Crippen LogP contribution >= 0.6 is 0 Å². The SMILES string of the molecule is CN1CCCC(NCc2cccc3c2NCC3)C1. The van der Waals surface area contributed by atoms with E-state index in [0.717, 1.165) is 13.1 Å². The molecule has 1 aromatic rings. The summed E-state index contributed by atoms with van der Waals surface area (Å²) in [5.74, 6) is 0. The van der Waals surface area contributed by atoms with E-state index in [0.29, 0.717) is 6.04 Å². The molecule has 2 aliphatic rings. The lowest BCUT2D eigenvalue weighted by molar-refractivity contribution is 0.226. The van der Waals surface area contributed by atoms with Gasteiger partial charge in [0.05, 0.1) is 0 Å². The molecule has 0 aliphatic carbocycles. The van der Waals surface area contributed by atoms with Crippen molar-refractivity contribution in [3.05, 3.63) is 29.3 Å². The van der Waals surface area contributed by atoms with Crippen molar-refractivity contribution in [2.75, 3.05) is 32.0 Å². The molecule has 0 amide bonds. The lowest BCUT2D eigenvalue weighted by atomic mass is 10.0. The summed E-state index contributed by atoms with van der Waals surface area (Å²) in [6.45, 7) is 4.52. The number of likely N-dealkylation sites (tertiary alicyclic amines) is 1. The molecule has 0 spiro atoms. The van der Waals surface area contributed by atoms with Crippen molar-refractivity contribution in [3.63, 3.8) is 0 Å². The molecule has 1 aromatic carbocycles. The molecule has 3 nitrogen and oxygen atoms in total. The third-order valence-corrected chi connectivity index (χ3v) is 4.14. The molecule has 1 unspecified atom stereocenters. The first kappa shape index (κ1) is 12.0. The molecule has 1 saturated heterocycles. The Bertz CT molecular complexity index is 416. The van der Waals surface area contributed by atoms with E-state index in [1.54, 1.807) is 0 Å². The third kappa shape index (κ3) is 2.52. The van der Waals surface area contributed by atoms with E-state index < -0.39 is 0 Å². The Kier molecular flexibility index (Phi) is 3.52. The summed E-state index contributed by atoms with van der Waals surface area (Å²) < 4.78 is 0. The van der Waals surface area contributed by atoms with Crippen molar-refractivity contribution < 1.29 is 0 Å². The van der Waals surface area contributed by atoms with Crippen LogP contribution in [0.5, 0.6) is 0 Å². The zero-order chi connectivity index (χ0) is 12.4. The number of piperidine rings is 1. The minimum absolute atomic E-state index is 0.654. The first-order valence-corrected chi connectivity index (χ1v) is 7.09. The number of nitrogens with one attached hydrogen (secondary N) is 2. The fraction of sp³-hybridized carbons (Fsp3) is 0.600. The van der Waals surface area contributed by atoms with Crippen molar-refractivity contribution >= 4 is 5.69 Å². The third-order valence-electron chi connectivity index (χ3n) is 4.14. The summed E-state index contributed by atoms with van der Waals surface area (Å²) in [5, 5.41) is 7.23. The summed E-state index contributed by atoms with van der Waals surface area (Å²) in [5.41, 5.74) is 4.29. The summed E-state index contributed by atoms with van der Waals surface area (Å²) >= 11 is 0. The van der Waals surface area contributed by atoms with Crippen LogP contribution in [-0.2, 0) is 13.0 Å². The fourth-order valence-electron chi connectivity index (χ4n) is 3.15. The summed E-state index contributed by atoms with van der Waals surface area (Å²) in [7, 11) is 2.22. The Morgan fingerprint density at radius 1 is 1.44 bits per heavy atom. The Morgan fingerprint density at radius 2 is 2.39 bits per heavy atom. The van der Waals surface area contributed by atoms with Gasteiger partial charge in [-0.2, -0.15) is 0 Å². The van der Waals surface area contributed by atoms with Crippen LogP contribution in [-0.4, -0.2) is 37.6 Å². The second-order valence-corrected chi connectivity index (χ2v) is 5.61. The quantitative estimate of drug-likeness (QED) is 0.851. The highest BCUT2D eigenvalue weighted by atomic mass is 15.1. The van der Waals surface area contributed by atoms with Gasteiger partial charge in [-0.05, 0) is 44.0 Å². The van der Waals surface area contributed by atoms with Crippen molar-refractivity contribution in [2.45, 2.75) is 31.8 Å². The topological polar surface area (TPSA) is 27.3 Å². The second-order valence-electron chi connectivity index (χ2n) is 5.61. The number of para-hydroxylation sites is 1.